The fraction of sp³-hybridized carbons (Fsp3) is 0.846. The molecule has 0 bridgehead atoms. The van der Waals surface area contributed by atoms with Crippen molar-refractivity contribution in [2.45, 2.75) is 39.7 Å². The molecular formula is C13H23N3O. The number of likely N-dealkylation sites (N-methyl/N-ethyl adjacent to an activating group) is 1. The van der Waals surface area contributed by atoms with Gasteiger partial charge in [-0.15, -0.1) is 0 Å². The van der Waals surface area contributed by atoms with Gasteiger partial charge in [0.2, 0.25) is 5.91 Å². The average molecular weight is 237 g/mol. The van der Waals surface area contributed by atoms with Crippen LogP contribution < -0.4 is 0 Å². The Morgan fingerprint density at radius 1 is 1.41 bits per heavy atom. The van der Waals surface area contributed by atoms with Gasteiger partial charge in [-0.05, 0) is 33.2 Å². The maximum absolute atomic E-state index is 12.2. The van der Waals surface area contributed by atoms with Crippen molar-refractivity contribution in [1.29, 1.82) is 5.26 Å². The van der Waals surface area contributed by atoms with E-state index in [1.165, 1.54) is 0 Å². The highest BCUT2D eigenvalue weighted by molar-refractivity contribution is 5.81. The molecule has 1 heterocycles. The third-order valence-corrected chi connectivity index (χ3v) is 3.46. The molecule has 2 unspecified atom stereocenters. The Morgan fingerprint density at radius 2 is 2.00 bits per heavy atom. The lowest BCUT2D eigenvalue weighted by molar-refractivity contribution is -0.135. The zero-order valence-electron chi connectivity index (χ0n) is 11.1. The van der Waals surface area contributed by atoms with Gasteiger partial charge in [-0.2, -0.15) is 5.26 Å². The fourth-order valence-corrected chi connectivity index (χ4v) is 2.31. The van der Waals surface area contributed by atoms with Gasteiger partial charge in [-0.3, -0.25) is 9.69 Å². The van der Waals surface area contributed by atoms with Gasteiger partial charge in [-0.1, -0.05) is 6.92 Å². The fourth-order valence-electron chi connectivity index (χ4n) is 2.31. The van der Waals surface area contributed by atoms with Crippen molar-refractivity contribution in [3.05, 3.63) is 0 Å². The standard InChI is InChI=1S/C13H23N3O/c1-4-15(10-11(2)9-14)12(3)13(17)16-7-5-6-8-16/h11-12H,4-8,10H2,1-3H3. The van der Waals surface area contributed by atoms with Crippen LogP contribution >= 0.6 is 0 Å². The van der Waals surface area contributed by atoms with Gasteiger partial charge in [0, 0.05) is 19.6 Å². The molecule has 96 valence electrons. The van der Waals surface area contributed by atoms with E-state index in [0.29, 0.717) is 6.54 Å². The lowest BCUT2D eigenvalue weighted by atomic mass is 10.1. The van der Waals surface area contributed by atoms with Crippen molar-refractivity contribution in [1.82, 2.24) is 9.80 Å². The Hall–Kier alpha value is -1.08. The molecule has 0 N–H and O–H groups in total. The second-order valence-electron chi connectivity index (χ2n) is 4.83. The van der Waals surface area contributed by atoms with Crippen LogP contribution in [0.25, 0.3) is 0 Å². The molecule has 1 saturated heterocycles. The highest BCUT2D eigenvalue weighted by atomic mass is 16.2. The summed E-state index contributed by atoms with van der Waals surface area (Å²) < 4.78 is 0. The van der Waals surface area contributed by atoms with E-state index in [1.807, 2.05) is 25.7 Å². The van der Waals surface area contributed by atoms with Gasteiger partial charge in [0.25, 0.3) is 0 Å². The first-order valence-electron chi connectivity index (χ1n) is 6.52. The van der Waals surface area contributed by atoms with Crippen molar-refractivity contribution >= 4 is 5.91 Å². The second-order valence-corrected chi connectivity index (χ2v) is 4.83. The quantitative estimate of drug-likeness (QED) is 0.727. The lowest BCUT2D eigenvalue weighted by Crippen LogP contribution is -2.47. The van der Waals surface area contributed by atoms with Crippen LogP contribution in [0.3, 0.4) is 0 Å². The summed E-state index contributed by atoms with van der Waals surface area (Å²) in [6, 6.07) is 2.12. The normalized spacial score (nSPS) is 19.1. The van der Waals surface area contributed by atoms with E-state index in [4.69, 9.17) is 5.26 Å². The van der Waals surface area contributed by atoms with Gasteiger partial charge in [-0.25, -0.2) is 0 Å². The number of amides is 1. The first-order valence-corrected chi connectivity index (χ1v) is 6.52. The number of likely N-dealkylation sites (tertiary alicyclic amines) is 1. The summed E-state index contributed by atoms with van der Waals surface area (Å²) in [7, 11) is 0. The van der Waals surface area contributed by atoms with Crippen molar-refractivity contribution in [3.63, 3.8) is 0 Å². The molecule has 0 aromatic rings. The molecule has 0 radical (unpaired) electrons. The van der Waals surface area contributed by atoms with Crippen LogP contribution in [0.4, 0.5) is 0 Å². The van der Waals surface area contributed by atoms with E-state index in [9.17, 15) is 4.79 Å². The summed E-state index contributed by atoms with van der Waals surface area (Å²) in [6.07, 6.45) is 2.25. The van der Waals surface area contributed by atoms with Crippen LogP contribution in [0.2, 0.25) is 0 Å². The molecule has 1 aliphatic heterocycles. The Morgan fingerprint density at radius 3 is 2.47 bits per heavy atom. The van der Waals surface area contributed by atoms with Gasteiger partial charge >= 0.3 is 0 Å². The number of rotatable bonds is 5. The Kier molecular flexibility index (Phi) is 5.43. The molecule has 4 nitrogen and oxygen atoms in total. The van der Waals surface area contributed by atoms with Crippen molar-refractivity contribution in [3.8, 4) is 6.07 Å². The molecule has 4 heteroatoms. The average Bonchev–Trinajstić information content (AvgIpc) is 2.87. The Balaban J connectivity index is 2.55. The summed E-state index contributed by atoms with van der Waals surface area (Å²) in [5.41, 5.74) is 0. The monoisotopic (exact) mass is 237 g/mol. The van der Waals surface area contributed by atoms with E-state index in [2.05, 4.69) is 11.0 Å². The maximum atomic E-state index is 12.2. The molecule has 1 rings (SSSR count). The first kappa shape index (κ1) is 14.0. The minimum absolute atomic E-state index is 0.0243. The predicted octanol–water partition coefficient (Wildman–Crippen LogP) is 1.48. The van der Waals surface area contributed by atoms with Crippen LogP contribution in [-0.2, 0) is 4.79 Å². The van der Waals surface area contributed by atoms with Gasteiger partial charge in [0.05, 0.1) is 18.0 Å². The van der Waals surface area contributed by atoms with E-state index >= 15 is 0 Å². The largest absolute Gasteiger partial charge is 0.341 e. The molecule has 0 aromatic heterocycles. The summed E-state index contributed by atoms with van der Waals surface area (Å²) in [4.78, 5) is 16.3. The zero-order chi connectivity index (χ0) is 12.8. The highest BCUT2D eigenvalue weighted by Crippen LogP contribution is 2.13. The molecule has 1 fully saturated rings. The van der Waals surface area contributed by atoms with E-state index in [1.54, 1.807) is 0 Å². The molecule has 0 aromatic carbocycles. The lowest BCUT2D eigenvalue weighted by Gasteiger charge is -2.30. The molecule has 2 atom stereocenters. The number of carbonyl (C=O) groups is 1. The van der Waals surface area contributed by atoms with E-state index in [0.717, 1.165) is 32.5 Å². The topological polar surface area (TPSA) is 47.3 Å². The van der Waals surface area contributed by atoms with Gasteiger partial charge < -0.3 is 4.90 Å². The maximum Gasteiger partial charge on any atom is 0.239 e. The number of carbonyl (C=O) groups excluding carboxylic acids is 1. The minimum Gasteiger partial charge on any atom is -0.341 e. The van der Waals surface area contributed by atoms with Gasteiger partial charge in [0.1, 0.15) is 0 Å². The minimum atomic E-state index is -0.103. The zero-order valence-corrected chi connectivity index (χ0v) is 11.1. The van der Waals surface area contributed by atoms with Crippen LogP contribution in [-0.4, -0.2) is 47.9 Å². The highest BCUT2D eigenvalue weighted by Gasteiger charge is 2.27. The number of hydrogen-bond donors (Lipinski definition) is 0. The van der Waals surface area contributed by atoms with E-state index in [-0.39, 0.29) is 17.9 Å². The number of nitriles is 1. The molecular weight excluding hydrogens is 214 g/mol. The summed E-state index contributed by atoms with van der Waals surface area (Å²) in [6.45, 7) is 9.17. The van der Waals surface area contributed by atoms with Gasteiger partial charge in [0.15, 0.2) is 0 Å². The summed E-state index contributed by atoms with van der Waals surface area (Å²) in [5, 5.41) is 8.84. The Labute approximate surface area is 104 Å². The van der Waals surface area contributed by atoms with Crippen LogP contribution in [0.5, 0.6) is 0 Å². The SMILES string of the molecule is CCN(CC(C)C#N)C(C)C(=O)N1CCCC1. The molecule has 0 spiro atoms. The molecule has 1 amide bonds. The predicted molar refractivity (Wildman–Crippen MR) is 67.3 cm³/mol. The first-order chi connectivity index (χ1) is 8.10. The molecule has 0 saturated carbocycles. The third kappa shape index (κ3) is 3.71. The van der Waals surface area contributed by atoms with Crippen molar-refractivity contribution < 1.29 is 4.79 Å². The number of nitrogens with zero attached hydrogens (tertiary/aromatic N) is 3. The van der Waals surface area contributed by atoms with Crippen molar-refractivity contribution in [2.24, 2.45) is 5.92 Å². The molecule has 1 aliphatic rings. The molecule has 0 aliphatic carbocycles. The van der Waals surface area contributed by atoms with Crippen molar-refractivity contribution in [2.75, 3.05) is 26.2 Å². The van der Waals surface area contributed by atoms with Crippen LogP contribution in [0.1, 0.15) is 33.6 Å². The summed E-state index contributed by atoms with van der Waals surface area (Å²) >= 11 is 0. The molecule has 17 heavy (non-hydrogen) atoms. The number of hydrogen-bond acceptors (Lipinski definition) is 3. The third-order valence-electron chi connectivity index (χ3n) is 3.46. The second kappa shape index (κ2) is 6.61. The van der Waals surface area contributed by atoms with Crippen LogP contribution in [0, 0.1) is 17.2 Å². The smallest absolute Gasteiger partial charge is 0.239 e. The summed E-state index contributed by atoms with van der Waals surface area (Å²) in [5.74, 6) is 0.193. The Bertz CT molecular complexity index is 292. The van der Waals surface area contributed by atoms with Crippen LogP contribution in [0.15, 0.2) is 0 Å². The van der Waals surface area contributed by atoms with E-state index < -0.39 is 0 Å².